The number of nitrogens with one attached hydrogen (secondary N) is 1. The summed E-state index contributed by atoms with van der Waals surface area (Å²) in [5.74, 6) is 3.92. The van der Waals surface area contributed by atoms with Crippen LogP contribution in [0.25, 0.3) is 10.6 Å². The molecule has 4 saturated carbocycles. The second-order valence-corrected chi connectivity index (χ2v) is 8.65. The van der Waals surface area contributed by atoms with Crippen LogP contribution >= 0.6 is 11.3 Å². The average Bonchev–Trinajstić information content (AvgIpc) is 3.15. The predicted octanol–water partition coefficient (Wildman–Crippen LogP) is 4.46. The van der Waals surface area contributed by atoms with E-state index in [1.165, 1.54) is 43.4 Å². The first kappa shape index (κ1) is 13.3. The lowest BCUT2D eigenvalue weighted by atomic mass is 9.53. The second-order valence-electron chi connectivity index (χ2n) is 7.71. The molecule has 0 saturated heterocycles. The molecule has 0 spiro atoms. The number of nitrogens with zero attached hydrogens (tertiary/aromatic N) is 1. The van der Waals surface area contributed by atoms with Crippen molar-refractivity contribution in [1.82, 2.24) is 10.5 Å². The summed E-state index contributed by atoms with van der Waals surface area (Å²) in [5, 5.41) is 10.2. The Morgan fingerprint density at radius 2 is 1.91 bits per heavy atom. The molecule has 4 aliphatic rings. The van der Waals surface area contributed by atoms with Crippen molar-refractivity contribution in [3.05, 3.63) is 29.3 Å². The minimum absolute atomic E-state index is 0.393. The third kappa shape index (κ3) is 2.24. The van der Waals surface area contributed by atoms with Gasteiger partial charge in [0.15, 0.2) is 5.76 Å². The van der Waals surface area contributed by atoms with Crippen molar-refractivity contribution in [3.63, 3.8) is 0 Å². The highest BCUT2D eigenvalue weighted by atomic mass is 32.1. The molecule has 2 heterocycles. The minimum Gasteiger partial charge on any atom is -0.359 e. The summed E-state index contributed by atoms with van der Waals surface area (Å²) in [7, 11) is 0. The maximum atomic E-state index is 5.55. The van der Waals surface area contributed by atoms with E-state index in [1.54, 1.807) is 11.3 Å². The zero-order valence-corrected chi connectivity index (χ0v) is 13.6. The largest absolute Gasteiger partial charge is 0.359 e. The van der Waals surface area contributed by atoms with Crippen molar-refractivity contribution in [2.75, 3.05) is 0 Å². The summed E-state index contributed by atoms with van der Waals surface area (Å²) in [6, 6.07) is 6.25. The van der Waals surface area contributed by atoms with Gasteiger partial charge in [-0.3, -0.25) is 0 Å². The van der Waals surface area contributed by atoms with Crippen molar-refractivity contribution in [3.8, 4) is 10.6 Å². The Labute approximate surface area is 135 Å². The molecule has 0 amide bonds. The van der Waals surface area contributed by atoms with E-state index in [2.05, 4.69) is 34.1 Å². The smallest absolute Gasteiger partial charge is 0.151 e. The molecule has 1 N–H and O–H groups in total. The highest BCUT2D eigenvalue weighted by Crippen LogP contribution is 2.55. The SMILES string of the molecule is c1csc(-c2cc(CNC34CC5CC(CC(C5)C3)C4)on2)c1. The summed E-state index contributed by atoms with van der Waals surface area (Å²) in [5.41, 5.74) is 1.36. The Kier molecular flexibility index (Phi) is 2.99. The van der Waals surface area contributed by atoms with Crippen LogP contribution in [-0.2, 0) is 6.54 Å². The van der Waals surface area contributed by atoms with Crippen LogP contribution in [0.4, 0.5) is 0 Å². The number of hydrogen-bond acceptors (Lipinski definition) is 4. The monoisotopic (exact) mass is 314 g/mol. The van der Waals surface area contributed by atoms with Crippen LogP contribution in [0.2, 0.25) is 0 Å². The van der Waals surface area contributed by atoms with Gasteiger partial charge in [-0.25, -0.2) is 0 Å². The summed E-state index contributed by atoms with van der Waals surface area (Å²) < 4.78 is 5.55. The quantitative estimate of drug-likeness (QED) is 0.905. The van der Waals surface area contributed by atoms with Gasteiger partial charge in [-0.15, -0.1) is 11.3 Å². The number of hydrogen-bond donors (Lipinski definition) is 1. The molecule has 3 nitrogen and oxygen atoms in total. The Morgan fingerprint density at radius 3 is 2.55 bits per heavy atom. The lowest BCUT2D eigenvalue weighted by Crippen LogP contribution is -2.58. The standard InChI is InChI=1S/C18H22N2OS/c1-2-17(22-3-1)16-7-15(21-20-16)11-19-18-8-12-4-13(9-18)6-14(5-12)10-18/h1-3,7,12-14,19H,4-6,8-11H2. The lowest BCUT2D eigenvalue weighted by molar-refractivity contribution is -0.0215. The van der Waals surface area contributed by atoms with Crippen LogP contribution in [0.5, 0.6) is 0 Å². The first-order valence-electron chi connectivity index (χ1n) is 8.52. The maximum Gasteiger partial charge on any atom is 0.151 e. The summed E-state index contributed by atoms with van der Waals surface area (Å²) in [6.07, 6.45) is 8.62. The lowest BCUT2D eigenvalue weighted by Gasteiger charge is -2.57. The van der Waals surface area contributed by atoms with Crippen molar-refractivity contribution in [2.24, 2.45) is 17.8 Å². The normalized spacial score (nSPS) is 36.1. The van der Waals surface area contributed by atoms with E-state index in [-0.39, 0.29) is 0 Å². The molecular formula is C18H22N2OS. The molecule has 22 heavy (non-hydrogen) atoms. The van der Waals surface area contributed by atoms with Gasteiger partial charge >= 0.3 is 0 Å². The minimum atomic E-state index is 0.393. The Hall–Kier alpha value is -1.13. The van der Waals surface area contributed by atoms with E-state index in [0.29, 0.717) is 5.54 Å². The molecule has 0 aliphatic heterocycles. The highest BCUT2D eigenvalue weighted by Gasteiger charge is 2.50. The topological polar surface area (TPSA) is 38.1 Å². The molecule has 6 rings (SSSR count). The number of rotatable bonds is 4. The van der Waals surface area contributed by atoms with Gasteiger partial charge in [-0.1, -0.05) is 11.2 Å². The van der Waals surface area contributed by atoms with Crippen molar-refractivity contribution >= 4 is 11.3 Å². The van der Waals surface area contributed by atoms with Gasteiger partial charge in [0.1, 0.15) is 5.69 Å². The fourth-order valence-corrected chi connectivity index (χ4v) is 6.22. The van der Waals surface area contributed by atoms with Crippen molar-refractivity contribution in [2.45, 2.75) is 50.6 Å². The first-order valence-corrected chi connectivity index (χ1v) is 9.40. The van der Waals surface area contributed by atoms with Crippen LogP contribution in [0, 0.1) is 17.8 Å². The van der Waals surface area contributed by atoms with Crippen LogP contribution in [0.3, 0.4) is 0 Å². The Bertz CT molecular complexity index is 625. The molecule has 0 unspecified atom stereocenters. The molecule has 116 valence electrons. The Balaban J connectivity index is 1.29. The summed E-state index contributed by atoms with van der Waals surface area (Å²) in [4.78, 5) is 1.19. The van der Waals surface area contributed by atoms with Crippen LogP contribution in [-0.4, -0.2) is 10.7 Å². The zero-order chi connectivity index (χ0) is 14.6. The van der Waals surface area contributed by atoms with Gasteiger partial charge in [0.25, 0.3) is 0 Å². The predicted molar refractivity (Wildman–Crippen MR) is 87.6 cm³/mol. The summed E-state index contributed by atoms with van der Waals surface area (Å²) in [6.45, 7) is 0.824. The van der Waals surface area contributed by atoms with E-state index in [0.717, 1.165) is 35.8 Å². The van der Waals surface area contributed by atoms with Gasteiger partial charge in [-0.2, -0.15) is 0 Å². The van der Waals surface area contributed by atoms with Gasteiger partial charge in [0, 0.05) is 11.6 Å². The van der Waals surface area contributed by atoms with E-state index < -0.39 is 0 Å². The van der Waals surface area contributed by atoms with Crippen molar-refractivity contribution in [1.29, 1.82) is 0 Å². The highest BCUT2D eigenvalue weighted by molar-refractivity contribution is 7.13. The molecule has 0 atom stereocenters. The molecule has 0 aromatic carbocycles. The third-order valence-electron chi connectivity index (χ3n) is 6.01. The molecule has 2 aromatic heterocycles. The molecule has 2 aromatic rings. The van der Waals surface area contributed by atoms with Crippen LogP contribution in [0.1, 0.15) is 44.3 Å². The first-order chi connectivity index (χ1) is 10.8. The molecule has 4 heteroatoms. The van der Waals surface area contributed by atoms with E-state index in [9.17, 15) is 0 Å². The van der Waals surface area contributed by atoms with E-state index in [4.69, 9.17) is 4.52 Å². The third-order valence-corrected chi connectivity index (χ3v) is 6.90. The van der Waals surface area contributed by atoms with Crippen LogP contribution in [0.15, 0.2) is 28.1 Å². The van der Waals surface area contributed by atoms with Gasteiger partial charge in [-0.05, 0) is 67.7 Å². The van der Waals surface area contributed by atoms with Crippen molar-refractivity contribution < 1.29 is 4.52 Å². The van der Waals surface area contributed by atoms with Crippen LogP contribution < -0.4 is 5.32 Å². The average molecular weight is 314 g/mol. The van der Waals surface area contributed by atoms with Gasteiger partial charge in [0.2, 0.25) is 0 Å². The van der Waals surface area contributed by atoms with E-state index >= 15 is 0 Å². The van der Waals surface area contributed by atoms with E-state index in [1.807, 2.05) is 0 Å². The second kappa shape index (κ2) is 4.93. The number of aromatic nitrogens is 1. The molecule has 0 radical (unpaired) electrons. The van der Waals surface area contributed by atoms with Gasteiger partial charge < -0.3 is 9.84 Å². The fourth-order valence-electron chi connectivity index (χ4n) is 5.54. The molecule has 4 aliphatic carbocycles. The number of thiophene rings is 1. The fraction of sp³-hybridized carbons (Fsp3) is 0.611. The van der Waals surface area contributed by atoms with Gasteiger partial charge in [0.05, 0.1) is 11.4 Å². The molecular weight excluding hydrogens is 292 g/mol. The zero-order valence-electron chi connectivity index (χ0n) is 12.8. The summed E-state index contributed by atoms with van der Waals surface area (Å²) >= 11 is 1.71. The maximum absolute atomic E-state index is 5.55. The molecule has 4 fully saturated rings. The molecule has 4 bridgehead atoms. The Morgan fingerprint density at radius 1 is 1.18 bits per heavy atom.